The highest BCUT2D eigenvalue weighted by Gasteiger charge is 2.31. The molecular formula is C15H20N2O. The Kier molecular flexibility index (Phi) is 3.08. The predicted molar refractivity (Wildman–Crippen MR) is 71.2 cm³/mol. The molecule has 0 radical (unpaired) electrons. The van der Waals surface area contributed by atoms with Gasteiger partial charge in [-0.25, -0.2) is 0 Å². The minimum absolute atomic E-state index is 0.138. The Morgan fingerprint density at radius 2 is 2.11 bits per heavy atom. The van der Waals surface area contributed by atoms with Crippen LogP contribution in [0.25, 0.3) is 0 Å². The lowest BCUT2D eigenvalue weighted by molar-refractivity contribution is -0.125. The van der Waals surface area contributed by atoms with Crippen LogP contribution in [-0.4, -0.2) is 18.5 Å². The molecule has 0 spiro atoms. The molecule has 96 valence electrons. The molecule has 2 aliphatic rings. The lowest BCUT2D eigenvalue weighted by Gasteiger charge is -2.35. The van der Waals surface area contributed by atoms with Crippen molar-refractivity contribution in [2.45, 2.75) is 38.3 Å². The topological polar surface area (TPSA) is 41.1 Å². The monoisotopic (exact) mass is 244 g/mol. The number of hydrogen-bond donors (Lipinski definition) is 2. The molecule has 1 aliphatic heterocycles. The largest absolute Gasteiger partial charge is 0.352 e. The van der Waals surface area contributed by atoms with E-state index in [1.807, 2.05) is 12.1 Å². The first-order valence-electron chi connectivity index (χ1n) is 6.85. The number of carbonyl (C=O) groups excluding carboxylic acids is 1. The molecule has 1 unspecified atom stereocenters. The highest BCUT2D eigenvalue weighted by atomic mass is 16.2. The van der Waals surface area contributed by atoms with E-state index in [0.29, 0.717) is 6.04 Å². The smallest absolute Gasteiger partial charge is 0.241 e. The maximum absolute atomic E-state index is 12.3. The fourth-order valence-corrected chi connectivity index (χ4v) is 3.04. The van der Waals surface area contributed by atoms with Crippen molar-refractivity contribution < 1.29 is 4.79 Å². The second-order valence-electron chi connectivity index (χ2n) is 5.62. The molecule has 1 heterocycles. The van der Waals surface area contributed by atoms with Crippen LogP contribution in [-0.2, 0) is 11.2 Å². The molecular weight excluding hydrogens is 224 g/mol. The van der Waals surface area contributed by atoms with Crippen LogP contribution < -0.4 is 10.6 Å². The van der Waals surface area contributed by atoms with Gasteiger partial charge in [-0.15, -0.1) is 0 Å². The summed E-state index contributed by atoms with van der Waals surface area (Å²) in [7, 11) is 0. The van der Waals surface area contributed by atoms with Crippen molar-refractivity contribution in [2.75, 3.05) is 6.54 Å². The summed E-state index contributed by atoms with van der Waals surface area (Å²) in [6.45, 7) is 3.12. The third kappa shape index (κ3) is 2.15. The zero-order valence-electron chi connectivity index (χ0n) is 10.8. The maximum Gasteiger partial charge on any atom is 0.241 e. The summed E-state index contributed by atoms with van der Waals surface area (Å²) in [5, 5.41) is 6.48. The van der Waals surface area contributed by atoms with Gasteiger partial charge in [-0.05, 0) is 36.3 Å². The van der Waals surface area contributed by atoms with E-state index in [4.69, 9.17) is 0 Å². The van der Waals surface area contributed by atoms with Crippen LogP contribution in [0, 0.1) is 5.92 Å². The maximum atomic E-state index is 12.3. The molecule has 18 heavy (non-hydrogen) atoms. The van der Waals surface area contributed by atoms with Crippen LogP contribution in [0.1, 0.15) is 36.9 Å². The van der Waals surface area contributed by atoms with Crippen molar-refractivity contribution in [1.29, 1.82) is 0 Å². The van der Waals surface area contributed by atoms with Crippen LogP contribution in [0.2, 0.25) is 0 Å². The van der Waals surface area contributed by atoms with Gasteiger partial charge in [0.1, 0.15) is 6.04 Å². The van der Waals surface area contributed by atoms with Gasteiger partial charge in [-0.2, -0.15) is 0 Å². The van der Waals surface area contributed by atoms with Crippen LogP contribution in [0.5, 0.6) is 0 Å². The molecule has 3 nitrogen and oxygen atoms in total. The zero-order valence-corrected chi connectivity index (χ0v) is 10.8. The summed E-state index contributed by atoms with van der Waals surface area (Å²) in [5.41, 5.74) is 2.45. The summed E-state index contributed by atoms with van der Waals surface area (Å²) in [5.74, 6) is 0.904. The Balaban J connectivity index is 1.71. The SMILES string of the molecule is CC1CC(NC(=O)C2NCCc3ccccc32)C1. The summed E-state index contributed by atoms with van der Waals surface area (Å²) in [6, 6.07) is 8.48. The molecule has 1 aromatic rings. The van der Waals surface area contributed by atoms with Crippen molar-refractivity contribution in [3.63, 3.8) is 0 Å². The molecule has 1 saturated carbocycles. The summed E-state index contributed by atoms with van der Waals surface area (Å²) in [6.07, 6.45) is 3.26. The number of benzene rings is 1. The van der Waals surface area contributed by atoms with E-state index in [2.05, 4.69) is 29.7 Å². The standard InChI is InChI=1S/C15H20N2O/c1-10-8-12(9-10)17-15(18)14-13-5-3-2-4-11(13)6-7-16-14/h2-5,10,12,14,16H,6-9H2,1H3,(H,17,18). The third-order valence-electron chi connectivity index (χ3n) is 4.09. The second kappa shape index (κ2) is 4.73. The Bertz CT molecular complexity index is 452. The number of amides is 1. The van der Waals surface area contributed by atoms with Gasteiger partial charge in [0.25, 0.3) is 0 Å². The quantitative estimate of drug-likeness (QED) is 0.832. The second-order valence-corrected chi connectivity index (χ2v) is 5.62. The van der Waals surface area contributed by atoms with Crippen molar-refractivity contribution in [3.05, 3.63) is 35.4 Å². The molecule has 1 fully saturated rings. The van der Waals surface area contributed by atoms with Crippen molar-refractivity contribution in [3.8, 4) is 0 Å². The first kappa shape index (κ1) is 11.7. The van der Waals surface area contributed by atoms with Crippen LogP contribution >= 0.6 is 0 Å². The molecule has 3 heteroatoms. The van der Waals surface area contributed by atoms with Gasteiger partial charge < -0.3 is 10.6 Å². The van der Waals surface area contributed by atoms with Gasteiger partial charge in [0.2, 0.25) is 5.91 Å². The van der Waals surface area contributed by atoms with E-state index in [1.54, 1.807) is 0 Å². The summed E-state index contributed by atoms with van der Waals surface area (Å²) in [4.78, 5) is 12.3. The molecule has 1 atom stereocenters. The predicted octanol–water partition coefficient (Wildman–Crippen LogP) is 1.79. The van der Waals surface area contributed by atoms with Gasteiger partial charge in [-0.3, -0.25) is 4.79 Å². The zero-order chi connectivity index (χ0) is 12.5. The summed E-state index contributed by atoms with van der Waals surface area (Å²) < 4.78 is 0. The first-order valence-corrected chi connectivity index (χ1v) is 6.85. The van der Waals surface area contributed by atoms with Gasteiger partial charge in [-0.1, -0.05) is 31.2 Å². The van der Waals surface area contributed by atoms with E-state index in [9.17, 15) is 4.79 Å². The number of fused-ring (bicyclic) bond motifs is 1. The third-order valence-corrected chi connectivity index (χ3v) is 4.09. The Morgan fingerprint density at radius 1 is 1.33 bits per heavy atom. The highest BCUT2D eigenvalue weighted by Crippen LogP contribution is 2.28. The van der Waals surface area contributed by atoms with Gasteiger partial charge in [0.05, 0.1) is 0 Å². The molecule has 0 saturated heterocycles. The van der Waals surface area contributed by atoms with Crippen molar-refractivity contribution in [1.82, 2.24) is 10.6 Å². The molecule has 0 bridgehead atoms. The molecule has 2 N–H and O–H groups in total. The van der Waals surface area contributed by atoms with E-state index >= 15 is 0 Å². The van der Waals surface area contributed by atoms with Gasteiger partial charge >= 0.3 is 0 Å². The number of nitrogens with one attached hydrogen (secondary N) is 2. The molecule has 0 aromatic heterocycles. The fraction of sp³-hybridized carbons (Fsp3) is 0.533. The van der Waals surface area contributed by atoms with E-state index < -0.39 is 0 Å². The summed E-state index contributed by atoms with van der Waals surface area (Å²) >= 11 is 0. The van der Waals surface area contributed by atoms with Crippen LogP contribution in [0.3, 0.4) is 0 Å². The van der Waals surface area contributed by atoms with Crippen LogP contribution in [0.15, 0.2) is 24.3 Å². The van der Waals surface area contributed by atoms with Crippen molar-refractivity contribution >= 4 is 5.91 Å². The van der Waals surface area contributed by atoms with Gasteiger partial charge in [0.15, 0.2) is 0 Å². The number of rotatable bonds is 2. The van der Waals surface area contributed by atoms with E-state index in [-0.39, 0.29) is 11.9 Å². The van der Waals surface area contributed by atoms with Crippen LogP contribution in [0.4, 0.5) is 0 Å². The molecule has 1 aliphatic carbocycles. The Labute approximate surface area is 108 Å². The first-order chi connectivity index (χ1) is 8.74. The lowest BCUT2D eigenvalue weighted by atomic mass is 9.81. The fourth-order valence-electron chi connectivity index (χ4n) is 3.04. The van der Waals surface area contributed by atoms with Crippen molar-refractivity contribution in [2.24, 2.45) is 5.92 Å². The number of hydrogen-bond acceptors (Lipinski definition) is 2. The Morgan fingerprint density at radius 3 is 2.89 bits per heavy atom. The normalized spacial score (nSPS) is 30.2. The molecule has 3 rings (SSSR count). The Hall–Kier alpha value is -1.35. The lowest BCUT2D eigenvalue weighted by Crippen LogP contribution is -2.49. The van der Waals surface area contributed by atoms with E-state index in [0.717, 1.165) is 37.3 Å². The highest BCUT2D eigenvalue weighted by molar-refractivity contribution is 5.84. The minimum atomic E-state index is -0.161. The average Bonchev–Trinajstić information content (AvgIpc) is 2.36. The number of carbonyl (C=O) groups is 1. The van der Waals surface area contributed by atoms with Gasteiger partial charge in [0, 0.05) is 12.6 Å². The minimum Gasteiger partial charge on any atom is -0.352 e. The molecule has 1 amide bonds. The average molecular weight is 244 g/mol. The van der Waals surface area contributed by atoms with E-state index in [1.165, 1.54) is 5.56 Å². The molecule has 1 aromatic carbocycles.